The van der Waals surface area contributed by atoms with Crippen LogP contribution in [0, 0.1) is 5.92 Å². The highest BCUT2D eigenvalue weighted by Gasteiger charge is 2.27. The Hall–Kier alpha value is -1.16. The summed E-state index contributed by atoms with van der Waals surface area (Å²) in [5.74, 6) is 0.588. The molecule has 0 radical (unpaired) electrons. The Morgan fingerprint density at radius 1 is 1.04 bits per heavy atom. The summed E-state index contributed by atoms with van der Waals surface area (Å²) in [7, 11) is 0. The fourth-order valence-electron chi connectivity index (χ4n) is 4.17. The first-order valence-corrected chi connectivity index (χ1v) is 9.76. The lowest BCUT2D eigenvalue weighted by molar-refractivity contribution is 0.100. The van der Waals surface area contributed by atoms with Crippen molar-refractivity contribution < 1.29 is 0 Å². The highest BCUT2D eigenvalue weighted by Crippen LogP contribution is 2.27. The van der Waals surface area contributed by atoms with Crippen molar-refractivity contribution in [2.45, 2.75) is 83.7 Å². The molecule has 1 aromatic rings. The predicted octanol–water partition coefficient (Wildman–Crippen LogP) is 3.59. The minimum absolute atomic E-state index is 0.0141. The van der Waals surface area contributed by atoms with Crippen LogP contribution in [0.15, 0.2) is 16.9 Å². The third-order valence-electron chi connectivity index (χ3n) is 5.81. The van der Waals surface area contributed by atoms with E-state index in [1.807, 2.05) is 6.07 Å². The van der Waals surface area contributed by atoms with Crippen LogP contribution < -0.4 is 5.56 Å². The normalized spacial score (nSPS) is 22.0. The molecule has 1 aromatic heterocycles. The van der Waals surface area contributed by atoms with Gasteiger partial charge >= 0.3 is 0 Å². The van der Waals surface area contributed by atoms with Crippen LogP contribution in [0.5, 0.6) is 0 Å². The van der Waals surface area contributed by atoms with Crippen LogP contribution in [0.4, 0.5) is 0 Å². The number of nitrogens with zero attached hydrogens (tertiary/aromatic N) is 3. The lowest BCUT2D eigenvalue weighted by Gasteiger charge is -2.39. The van der Waals surface area contributed by atoms with Crippen molar-refractivity contribution in [2.24, 2.45) is 5.92 Å². The SMILES string of the molecule is CC(C)(C)c1ccc(=O)n(CC2CCN(C3CCCCC3)CC2)n1. The third kappa shape index (κ3) is 4.27. The maximum absolute atomic E-state index is 12.2. The van der Waals surface area contributed by atoms with E-state index in [4.69, 9.17) is 0 Å². The van der Waals surface area contributed by atoms with Crippen LogP contribution >= 0.6 is 0 Å². The average molecular weight is 332 g/mol. The Bertz CT molecular complexity index is 588. The van der Waals surface area contributed by atoms with Crippen molar-refractivity contribution in [3.05, 3.63) is 28.2 Å². The zero-order valence-electron chi connectivity index (χ0n) is 15.6. The summed E-state index contributed by atoms with van der Waals surface area (Å²) >= 11 is 0. The quantitative estimate of drug-likeness (QED) is 0.849. The number of hydrogen-bond acceptors (Lipinski definition) is 3. The second-order valence-electron chi connectivity index (χ2n) is 8.76. The summed E-state index contributed by atoms with van der Waals surface area (Å²) in [5, 5.41) is 4.64. The first-order chi connectivity index (χ1) is 11.4. The average Bonchev–Trinajstić information content (AvgIpc) is 2.57. The Labute approximate surface area is 146 Å². The molecule has 4 heteroatoms. The summed E-state index contributed by atoms with van der Waals surface area (Å²) in [6, 6.07) is 4.39. The van der Waals surface area contributed by atoms with E-state index in [9.17, 15) is 4.79 Å². The Morgan fingerprint density at radius 2 is 1.71 bits per heavy atom. The van der Waals surface area contributed by atoms with Crippen molar-refractivity contribution in [3.8, 4) is 0 Å². The number of hydrogen-bond donors (Lipinski definition) is 0. The van der Waals surface area contributed by atoms with Crippen molar-refractivity contribution in [2.75, 3.05) is 13.1 Å². The molecule has 0 bridgehead atoms. The summed E-state index contributed by atoms with van der Waals surface area (Å²) in [4.78, 5) is 14.9. The first kappa shape index (κ1) is 17.7. The van der Waals surface area contributed by atoms with E-state index < -0.39 is 0 Å². The van der Waals surface area contributed by atoms with Crippen LogP contribution in [-0.2, 0) is 12.0 Å². The van der Waals surface area contributed by atoms with Gasteiger partial charge in [0.2, 0.25) is 0 Å². The van der Waals surface area contributed by atoms with Crippen molar-refractivity contribution >= 4 is 0 Å². The molecule has 1 aliphatic carbocycles. The van der Waals surface area contributed by atoms with Gasteiger partial charge in [0.15, 0.2) is 0 Å². The molecule has 2 aliphatic rings. The van der Waals surface area contributed by atoms with Gasteiger partial charge < -0.3 is 4.90 Å². The molecule has 0 unspecified atom stereocenters. The van der Waals surface area contributed by atoms with Crippen molar-refractivity contribution in [1.29, 1.82) is 0 Å². The van der Waals surface area contributed by atoms with Gasteiger partial charge in [-0.15, -0.1) is 0 Å². The van der Waals surface area contributed by atoms with Gasteiger partial charge in [-0.05, 0) is 50.8 Å². The van der Waals surface area contributed by atoms with Crippen LogP contribution in [0.2, 0.25) is 0 Å². The molecule has 4 nitrogen and oxygen atoms in total. The van der Waals surface area contributed by atoms with E-state index in [-0.39, 0.29) is 11.0 Å². The monoisotopic (exact) mass is 331 g/mol. The van der Waals surface area contributed by atoms with Crippen LogP contribution in [0.25, 0.3) is 0 Å². The summed E-state index contributed by atoms with van der Waals surface area (Å²) in [6.45, 7) is 9.61. The molecule has 1 saturated heterocycles. The molecule has 0 amide bonds. The van der Waals surface area contributed by atoms with Gasteiger partial charge in [0.05, 0.1) is 5.69 Å². The molecule has 1 saturated carbocycles. The van der Waals surface area contributed by atoms with Gasteiger partial charge in [-0.2, -0.15) is 5.10 Å². The number of aromatic nitrogens is 2. The summed E-state index contributed by atoms with van der Waals surface area (Å²) in [5.41, 5.74) is 1.03. The molecular formula is C20H33N3O. The molecule has 0 spiro atoms. The highest BCUT2D eigenvalue weighted by atomic mass is 16.1. The van der Waals surface area contributed by atoms with Gasteiger partial charge in [0.25, 0.3) is 5.56 Å². The molecule has 0 aromatic carbocycles. The first-order valence-electron chi connectivity index (χ1n) is 9.76. The minimum atomic E-state index is -0.0141. The van der Waals surface area contributed by atoms with Crippen LogP contribution in [-0.4, -0.2) is 33.8 Å². The molecule has 0 N–H and O–H groups in total. The van der Waals surface area contributed by atoms with Gasteiger partial charge in [-0.25, -0.2) is 4.68 Å². The molecule has 134 valence electrons. The molecule has 3 rings (SSSR count). The summed E-state index contributed by atoms with van der Waals surface area (Å²) < 4.78 is 1.71. The second kappa shape index (κ2) is 7.38. The fourth-order valence-corrected chi connectivity index (χ4v) is 4.17. The molecule has 0 atom stereocenters. The number of rotatable bonds is 3. The van der Waals surface area contributed by atoms with E-state index in [1.165, 1.54) is 58.0 Å². The second-order valence-corrected chi connectivity index (χ2v) is 8.76. The Kier molecular flexibility index (Phi) is 5.43. The standard InChI is InChI=1S/C20H33N3O/c1-20(2,3)18-9-10-19(24)23(21-18)15-16-11-13-22(14-12-16)17-7-5-4-6-8-17/h9-10,16-17H,4-8,11-15H2,1-3H3. The number of piperidine rings is 1. The third-order valence-corrected chi connectivity index (χ3v) is 5.81. The molecule has 2 heterocycles. The number of likely N-dealkylation sites (tertiary alicyclic amines) is 1. The topological polar surface area (TPSA) is 38.1 Å². The van der Waals surface area contributed by atoms with Crippen molar-refractivity contribution in [1.82, 2.24) is 14.7 Å². The lowest BCUT2D eigenvalue weighted by Crippen LogP contribution is -2.43. The molecule has 2 fully saturated rings. The minimum Gasteiger partial charge on any atom is -0.300 e. The van der Waals surface area contributed by atoms with Gasteiger partial charge in [-0.3, -0.25) is 4.79 Å². The lowest BCUT2D eigenvalue weighted by atomic mass is 9.90. The zero-order valence-corrected chi connectivity index (χ0v) is 15.6. The van der Waals surface area contributed by atoms with E-state index >= 15 is 0 Å². The van der Waals surface area contributed by atoms with Crippen molar-refractivity contribution in [3.63, 3.8) is 0 Å². The van der Waals surface area contributed by atoms with Crippen LogP contribution in [0.1, 0.15) is 71.4 Å². The molecule has 24 heavy (non-hydrogen) atoms. The van der Waals surface area contributed by atoms with E-state index in [2.05, 4.69) is 30.8 Å². The largest absolute Gasteiger partial charge is 0.300 e. The van der Waals surface area contributed by atoms with Gasteiger partial charge in [0.1, 0.15) is 0 Å². The van der Waals surface area contributed by atoms with Gasteiger partial charge in [-0.1, -0.05) is 40.0 Å². The van der Waals surface area contributed by atoms with E-state index in [0.29, 0.717) is 5.92 Å². The Morgan fingerprint density at radius 3 is 2.33 bits per heavy atom. The van der Waals surface area contributed by atoms with Crippen LogP contribution in [0.3, 0.4) is 0 Å². The summed E-state index contributed by atoms with van der Waals surface area (Å²) in [6.07, 6.45) is 9.41. The smallest absolute Gasteiger partial charge is 0.266 e. The fraction of sp³-hybridized carbons (Fsp3) is 0.800. The maximum Gasteiger partial charge on any atom is 0.266 e. The van der Waals surface area contributed by atoms with E-state index in [0.717, 1.165) is 18.3 Å². The molecular weight excluding hydrogens is 298 g/mol. The maximum atomic E-state index is 12.2. The van der Waals surface area contributed by atoms with Gasteiger partial charge in [0, 0.05) is 24.1 Å². The predicted molar refractivity (Wildman–Crippen MR) is 98.4 cm³/mol. The highest BCUT2D eigenvalue weighted by molar-refractivity contribution is 5.10. The molecule has 1 aliphatic heterocycles. The Balaban J connectivity index is 1.59. The zero-order chi connectivity index (χ0) is 17.2. The van der Waals surface area contributed by atoms with E-state index in [1.54, 1.807) is 10.7 Å².